The Morgan fingerprint density at radius 2 is 2.12 bits per heavy atom. The first-order valence-electron chi connectivity index (χ1n) is 8.80. The van der Waals surface area contributed by atoms with Gasteiger partial charge in [0.15, 0.2) is 0 Å². The summed E-state index contributed by atoms with van der Waals surface area (Å²) in [6, 6.07) is 7.31. The summed E-state index contributed by atoms with van der Waals surface area (Å²) in [5, 5.41) is 2.84. The molecule has 3 amide bonds. The quantitative estimate of drug-likeness (QED) is 0.889. The number of nitrogens with zero attached hydrogens (tertiary/aromatic N) is 2. The molecule has 6 nitrogen and oxygen atoms in total. The van der Waals surface area contributed by atoms with Gasteiger partial charge in [-0.25, -0.2) is 4.79 Å². The van der Waals surface area contributed by atoms with Gasteiger partial charge in [0, 0.05) is 43.0 Å². The lowest BCUT2D eigenvalue weighted by Crippen LogP contribution is -2.51. The topological polar surface area (TPSA) is 78.7 Å². The van der Waals surface area contributed by atoms with E-state index in [0.717, 1.165) is 37.9 Å². The van der Waals surface area contributed by atoms with Crippen LogP contribution in [0.4, 0.5) is 10.5 Å². The number of benzene rings is 1. The van der Waals surface area contributed by atoms with Gasteiger partial charge in [-0.2, -0.15) is 0 Å². The van der Waals surface area contributed by atoms with Crippen molar-refractivity contribution in [3.63, 3.8) is 0 Å². The first kappa shape index (κ1) is 16.8. The molecule has 2 heterocycles. The molecule has 1 aromatic rings. The Morgan fingerprint density at radius 3 is 2.88 bits per heavy atom. The van der Waals surface area contributed by atoms with Gasteiger partial charge in [-0.1, -0.05) is 6.07 Å². The van der Waals surface area contributed by atoms with Gasteiger partial charge in [0.05, 0.1) is 0 Å². The Balaban J connectivity index is 1.82. The Hall–Kier alpha value is -2.08. The van der Waals surface area contributed by atoms with E-state index in [4.69, 9.17) is 5.73 Å². The average molecular weight is 330 g/mol. The Labute approximate surface area is 143 Å². The third-order valence-corrected chi connectivity index (χ3v) is 4.90. The molecule has 2 aliphatic rings. The molecular formula is C18H26N4O2. The molecule has 2 unspecified atom stereocenters. The zero-order chi connectivity index (χ0) is 17.1. The molecule has 0 aromatic heterocycles. The number of anilines is 1. The van der Waals surface area contributed by atoms with Crippen LogP contribution in [0.2, 0.25) is 0 Å². The molecule has 0 spiro atoms. The van der Waals surface area contributed by atoms with E-state index >= 15 is 0 Å². The highest BCUT2D eigenvalue weighted by molar-refractivity contribution is 5.98. The fraction of sp³-hybridized carbons (Fsp3) is 0.556. The molecule has 2 fully saturated rings. The van der Waals surface area contributed by atoms with Gasteiger partial charge in [0.25, 0.3) is 5.91 Å². The molecule has 3 rings (SSSR count). The van der Waals surface area contributed by atoms with Crippen LogP contribution in [-0.4, -0.2) is 48.6 Å². The van der Waals surface area contributed by atoms with Gasteiger partial charge in [-0.3, -0.25) is 9.69 Å². The highest BCUT2D eigenvalue weighted by Crippen LogP contribution is 2.24. The lowest BCUT2D eigenvalue weighted by atomic mass is 9.96. The smallest absolute Gasteiger partial charge is 0.321 e. The molecule has 2 aliphatic heterocycles. The van der Waals surface area contributed by atoms with Crippen molar-refractivity contribution in [2.24, 2.45) is 5.73 Å². The van der Waals surface area contributed by atoms with E-state index in [1.165, 1.54) is 0 Å². The van der Waals surface area contributed by atoms with E-state index in [9.17, 15) is 9.59 Å². The van der Waals surface area contributed by atoms with Crippen molar-refractivity contribution >= 4 is 17.6 Å². The number of rotatable bonds is 3. The van der Waals surface area contributed by atoms with Crippen molar-refractivity contribution in [1.82, 2.24) is 10.2 Å². The van der Waals surface area contributed by atoms with Crippen molar-refractivity contribution in [2.45, 2.75) is 44.7 Å². The predicted octanol–water partition coefficient (Wildman–Crippen LogP) is 1.95. The first-order valence-corrected chi connectivity index (χ1v) is 8.80. The lowest BCUT2D eigenvalue weighted by molar-refractivity contribution is 0.0584. The zero-order valence-corrected chi connectivity index (χ0v) is 14.2. The van der Waals surface area contributed by atoms with Crippen LogP contribution in [0.3, 0.4) is 0 Å². The number of nitrogens with one attached hydrogen (secondary N) is 1. The minimum atomic E-state index is -0.0997. The predicted molar refractivity (Wildman–Crippen MR) is 94.1 cm³/mol. The summed E-state index contributed by atoms with van der Waals surface area (Å²) in [6.45, 7) is 4.09. The van der Waals surface area contributed by atoms with Crippen LogP contribution >= 0.6 is 0 Å². The Kier molecular flexibility index (Phi) is 5.04. The van der Waals surface area contributed by atoms with E-state index in [-0.39, 0.29) is 24.0 Å². The molecule has 1 aromatic carbocycles. The summed E-state index contributed by atoms with van der Waals surface area (Å²) in [5.41, 5.74) is 7.48. The highest BCUT2D eigenvalue weighted by Gasteiger charge is 2.30. The largest absolute Gasteiger partial charge is 0.338 e. The van der Waals surface area contributed by atoms with Crippen LogP contribution in [-0.2, 0) is 0 Å². The van der Waals surface area contributed by atoms with E-state index < -0.39 is 0 Å². The van der Waals surface area contributed by atoms with E-state index in [1.54, 1.807) is 4.90 Å². The second kappa shape index (κ2) is 7.21. The van der Waals surface area contributed by atoms with Gasteiger partial charge in [0.1, 0.15) is 0 Å². The van der Waals surface area contributed by atoms with Crippen molar-refractivity contribution in [1.29, 1.82) is 0 Å². The third kappa shape index (κ3) is 3.38. The van der Waals surface area contributed by atoms with Gasteiger partial charge in [0.2, 0.25) is 0 Å². The van der Waals surface area contributed by atoms with Crippen molar-refractivity contribution in [3.05, 3.63) is 29.8 Å². The van der Waals surface area contributed by atoms with Crippen LogP contribution < -0.4 is 16.0 Å². The van der Waals surface area contributed by atoms with E-state index in [0.29, 0.717) is 18.7 Å². The number of amides is 3. The third-order valence-electron chi connectivity index (χ3n) is 4.90. The van der Waals surface area contributed by atoms with Crippen molar-refractivity contribution < 1.29 is 9.59 Å². The van der Waals surface area contributed by atoms with Gasteiger partial charge < -0.3 is 16.0 Å². The van der Waals surface area contributed by atoms with E-state index in [1.807, 2.05) is 36.1 Å². The highest BCUT2D eigenvalue weighted by atomic mass is 16.2. The summed E-state index contributed by atoms with van der Waals surface area (Å²) < 4.78 is 0. The molecule has 24 heavy (non-hydrogen) atoms. The molecule has 0 radical (unpaired) electrons. The zero-order valence-electron chi connectivity index (χ0n) is 14.2. The summed E-state index contributed by atoms with van der Waals surface area (Å²) in [5.74, 6) is 0.0104. The van der Waals surface area contributed by atoms with Gasteiger partial charge in [-0.15, -0.1) is 0 Å². The second-order valence-corrected chi connectivity index (χ2v) is 6.71. The molecule has 3 N–H and O–H groups in total. The molecule has 130 valence electrons. The number of carbonyl (C=O) groups is 2. The molecule has 0 bridgehead atoms. The van der Waals surface area contributed by atoms with Crippen LogP contribution in [0.25, 0.3) is 0 Å². The maximum absolute atomic E-state index is 13.0. The number of hydrogen-bond acceptors (Lipinski definition) is 3. The fourth-order valence-electron chi connectivity index (χ4n) is 3.60. The molecule has 2 atom stereocenters. The van der Waals surface area contributed by atoms with Gasteiger partial charge >= 0.3 is 6.03 Å². The number of urea groups is 1. The first-order chi connectivity index (χ1) is 11.6. The average Bonchev–Trinajstić information content (AvgIpc) is 2.61. The molecule has 0 saturated carbocycles. The minimum Gasteiger partial charge on any atom is -0.338 e. The monoisotopic (exact) mass is 330 g/mol. The minimum absolute atomic E-state index is 0.0104. The van der Waals surface area contributed by atoms with Crippen molar-refractivity contribution in [2.75, 3.05) is 24.5 Å². The second-order valence-electron chi connectivity index (χ2n) is 6.71. The molecular weight excluding hydrogens is 304 g/mol. The van der Waals surface area contributed by atoms with Crippen molar-refractivity contribution in [3.8, 4) is 0 Å². The lowest BCUT2D eigenvalue weighted by Gasteiger charge is -2.38. The Morgan fingerprint density at radius 1 is 1.29 bits per heavy atom. The van der Waals surface area contributed by atoms with Crippen LogP contribution in [0.1, 0.15) is 43.0 Å². The van der Waals surface area contributed by atoms with Crippen LogP contribution in [0.5, 0.6) is 0 Å². The number of likely N-dealkylation sites (tertiary alicyclic amines) is 1. The number of carbonyl (C=O) groups excluding carboxylic acids is 2. The normalized spacial score (nSPS) is 22.9. The molecule has 2 saturated heterocycles. The standard InChI is InChI=1S/C18H26N4O2/c1-13(19)16-8-2-3-10-22(16)17(23)14-6-4-7-15(12-14)21-11-5-9-20-18(21)24/h4,6-7,12-13,16H,2-3,5,8-11,19H2,1H3,(H,20,24). The maximum atomic E-state index is 13.0. The summed E-state index contributed by atoms with van der Waals surface area (Å²) in [7, 11) is 0. The number of nitrogens with two attached hydrogens (primary N) is 1. The van der Waals surface area contributed by atoms with Crippen LogP contribution in [0.15, 0.2) is 24.3 Å². The van der Waals surface area contributed by atoms with Crippen LogP contribution in [0, 0.1) is 0 Å². The molecule has 6 heteroatoms. The Bertz CT molecular complexity index is 617. The number of hydrogen-bond donors (Lipinski definition) is 2. The molecule has 0 aliphatic carbocycles. The SMILES string of the molecule is CC(N)C1CCCCN1C(=O)c1cccc(N2CCCNC2=O)c1. The van der Waals surface area contributed by atoms with E-state index in [2.05, 4.69) is 5.32 Å². The summed E-state index contributed by atoms with van der Waals surface area (Å²) >= 11 is 0. The maximum Gasteiger partial charge on any atom is 0.321 e. The summed E-state index contributed by atoms with van der Waals surface area (Å²) in [4.78, 5) is 28.6. The van der Waals surface area contributed by atoms with Gasteiger partial charge in [-0.05, 0) is 50.8 Å². The number of piperidine rings is 1. The fourth-order valence-corrected chi connectivity index (χ4v) is 3.60. The summed E-state index contributed by atoms with van der Waals surface area (Å²) in [6.07, 6.45) is 3.99.